The minimum Gasteiger partial charge on any atom is -0.292 e. The second kappa shape index (κ2) is 8.31. The fraction of sp³-hybridized carbons (Fsp3) is 0.565. The van der Waals surface area contributed by atoms with Gasteiger partial charge >= 0.3 is 0 Å². The van der Waals surface area contributed by atoms with Crippen molar-refractivity contribution in [2.24, 2.45) is 0 Å². The summed E-state index contributed by atoms with van der Waals surface area (Å²) in [6.07, 6.45) is 6.78. The van der Waals surface area contributed by atoms with E-state index in [1.807, 2.05) is 4.90 Å². The zero-order valence-electron chi connectivity index (χ0n) is 16.9. The van der Waals surface area contributed by atoms with E-state index in [4.69, 9.17) is 0 Å². The van der Waals surface area contributed by atoms with Crippen LogP contribution in [0.4, 0.5) is 0 Å². The highest BCUT2D eigenvalue weighted by molar-refractivity contribution is 8.03. The first kappa shape index (κ1) is 19.5. The summed E-state index contributed by atoms with van der Waals surface area (Å²) >= 11 is 1.68. The molecule has 3 aliphatic rings. The number of nitriles is 1. The van der Waals surface area contributed by atoms with Gasteiger partial charge in [-0.25, -0.2) is 0 Å². The zero-order chi connectivity index (χ0) is 19.7. The molecule has 2 fully saturated rings. The smallest absolute Gasteiger partial charge is 0.229 e. The van der Waals surface area contributed by atoms with E-state index in [1.165, 1.54) is 37.7 Å². The van der Waals surface area contributed by atoms with Crippen molar-refractivity contribution in [3.63, 3.8) is 0 Å². The van der Waals surface area contributed by atoms with Crippen molar-refractivity contribution in [3.05, 3.63) is 46.0 Å². The molecule has 0 bridgehead atoms. The molecule has 4 rings (SSSR count). The summed E-state index contributed by atoms with van der Waals surface area (Å²) in [6, 6.07) is 11.5. The van der Waals surface area contributed by atoms with E-state index in [1.54, 1.807) is 11.8 Å². The van der Waals surface area contributed by atoms with Crippen LogP contribution in [0.1, 0.15) is 75.3 Å². The molecule has 2 heterocycles. The van der Waals surface area contributed by atoms with E-state index >= 15 is 0 Å². The monoisotopic (exact) mass is 395 g/mol. The van der Waals surface area contributed by atoms with Crippen molar-refractivity contribution < 1.29 is 4.79 Å². The van der Waals surface area contributed by atoms with Gasteiger partial charge in [-0.1, -0.05) is 69.1 Å². The van der Waals surface area contributed by atoms with Gasteiger partial charge in [-0.3, -0.25) is 14.6 Å². The van der Waals surface area contributed by atoms with Crippen molar-refractivity contribution in [1.82, 2.24) is 9.80 Å². The number of fused-ring (bicyclic) bond motifs is 1. The van der Waals surface area contributed by atoms with Crippen LogP contribution >= 0.6 is 11.8 Å². The summed E-state index contributed by atoms with van der Waals surface area (Å²) < 4.78 is 0. The third kappa shape index (κ3) is 3.73. The number of nitrogens with zero attached hydrogens (tertiary/aromatic N) is 3. The van der Waals surface area contributed by atoms with Gasteiger partial charge in [0.05, 0.1) is 29.2 Å². The molecule has 0 aromatic heterocycles. The molecule has 1 saturated carbocycles. The Kier molecular flexibility index (Phi) is 5.80. The maximum Gasteiger partial charge on any atom is 0.229 e. The number of hydrogen-bond donors (Lipinski definition) is 0. The summed E-state index contributed by atoms with van der Waals surface area (Å²) in [7, 11) is 0. The number of thioether (sulfide) groups is 1. The van der Waals surface area contributed by atoms with Gasteiger partial charge in [-0.05, 0) is 29.9 Å². The Balaban J connectivity index is 1.58. The van der Waals surface area contributed by atoms with E-state index in [-0.39, 0.29) is 11.8 Å². The Labute approximate surface area is 172 Å². The molecule has 5 heteroatoms. The van der Waals surface area contributed by atoms with Crippen LogP contribution in [-0.4, -0.2) is 34.3 Å². The predicted octanol–water partition coefficient (Wildman–Crippen LogP) is 5.16. The molecule has 1 unspecified atom stereocenters. The SMILES string of the molecule is CC(C)c1ccc(C2CC(=O)N3CN(C4CCCCC4)CSC3=C2C#N)cc1. The summed E-state index contributed by atoms with van der Waals surface area (Å²) in [5, 5.41) is 10.8. The van der Waals surface area contributed by atoms with Crippen LogP contribution in [0.15, 0.2) is 34.9 Å². The summed E-state index contributed by atoms with van der Waals surface area (Å²) in [6.45, 7) is 5.00. The molecule has 1 aromatic carbocycles. The maximum absolute atomic E-state index is 13.0. The molecule has 1 aliphatic carbocycles. The molecule has 0 spiro atoms. The molecule has 0 radical (unpaired) electrons. The average molecular weight is 396 g/mol. The molecule has 1 aromatic rings. The van der Waals surface area contributed by atoms with Gasteiger partial charge in [-0.15, -0.1) is 0 Å². The van der Waals surface area contributed by atoms with E-state index < -0.39 is 0 Å². The Bertz CT molecular complexity index is 802. The van der Waals surface area contributed by atoms with Crippen LogP contribution in [-0.2, 0) is 4.79 Å². The Morgan fingerprint density at radius 1 is 1.14 bits per heavy atom. The van der Waals surface area contributed by atoms with Gasteiger partial charge in [0, 0.05) is 18.4 Å². The summed E-state index contributed by atoms with van der Waals surface area (Å²) in [5.41, 5.74) is 3.13. The topological polar surface area (TPSA) is 47.3 Å². The first-order valence-corrected chi connectivity index (χ1v) is 11.5. The first-order valence-electron chi connectivity index (χ1n) is 10.5. The molecule has 4 nitrogen and oxygen atoms in total. The number of allylic oxidation sites excluding steroid dienone is 1. The lowest BCUT2D eigenvalue weighted by atomic mass is 9.85. The molecule has 0 N–H and O–H groups in total. The number of rotatable bonds is 3. The Hall–Kier alpha value is -1.77. The fourth-order valence-electron chi connectivity index (χ4n) is 4.65. The van der Waals surface area contributed by atoms with E-state index in [9.17, 15) is 10.1 Å². The number of benzene rings is 1. The van der Waals surface area contributed by atoms with Crippen molar-refractivity contribution in [2.45, 2.75) is 70.3 Å². The van der Waals surface area contributed by atoms with Gasteiger partial charge in [0.2, 0.25) is 5.91 Å². The molecule has 148 valence electrons. The lowest BCUT2D eigenvalue weighted by Crippen LogP contribution is -2.51. The predicted molar refractivity (Wildman–Crippen MR) is 113 cm³/mol. The van der Waals surface area contributed by atoms with Crippen molar-refractivity contribution >= 4 is 17.7 Å². The van der Waals surface area contributed by atoms with Crippen LogP contribution in [0.25, 0.3) is 0 Å². The maximum atomic E-state index is 13.0. The lowest BCUT2D eigenvalue weighted by molar-refractivity contribution is -0.132. The molecule has 2 aliphatic heterocycles. The zero-order valence-corrected chi connectivity index (χ0v) is 17.7. The molecular formula is C23H29N3OS. The lowest BCUT2D eigenvalue weighted by Gasteiger charge is -2.44. The third-order valence-electron chi connectivity index (χ3n) is 6.41. The first-order chi connectivity index (χ1) is 13.6. The average Bonchev–Trinajstić information content (AvgIpc) is 2.74. The van der Waals surface area contributed by atoms with Gasteiger partial charge < -0.3 is 0 Å². The van der Waals surface area contributed by atoms with Gasteiger partial charge in [0.25, 0.3) is 0 Å². The minimum absolute atomic E-state index is 0.112. The van der Waals surface area contributed by atoms with Gasteiger partial charge in [0.15, 0.2) is 0 Å². The normalized spacial score (nSPS) is 24.4. The number of hydrogen-bond acceptors (Lipinski definition) is 4. The molecule has 28 heavy (non-hydrogen) atoms. The number of amides is 1. The fourth-order valence-corrected chi connectivity index (χ4v) is 5.89. The van der Waals surface area contributed by atoms with E-state index in [0.29, 0.717) is 25.0 Å². The van der Waals surface area contributed by atoms with Crippen molar-refractivity contribution in [2.75, 3.05) is 12.5 Å². The van der Waals surface area contributed by atoms with Crippen molar-refractivity contribution in [1.29, 1.82) is 5.26 Å². The Morgan fingerprint density at radius 2 is 1.86 bits per heavy atom. The largest absolute Gasteiger partial charge is 0.292 e. The molecular weight excluding hydrogens is 366 g/mol. The van der Waals surface area contributed by atoms with Crippen LogP contribution in [0.5, 0.6) is 0 Å². The highest BCUT2D eigenvalue weighted by Gasteiger charge is 2.39. The van der Waals surface area contributed by atoms with Crippen LogP contribution < -0.4 is 0 Å². The van der Waals surface area contributed by atoms with Crippen molar-refractivity contribution in [3.8, 4) is 6.07 Å². The second-order valence-corrected chi connectivity index (χ2v) is 9.46. The number of carbonyl (C=O) groups excluding carboxylic acids is 1. The van der Waals surface area contributed by atoms with Crippen LogP contribution in [0.3, 0.4) is 0 Å². The van der Waals surface area contributed by atoms with Gasteiger partial charge in [-0.2, -0.15) is 5.26 Å². The Morgan fingerprint density at radius 3 is 2.50 bits per heavy atom. The highest BCUT2D eigenvalue weighted by atomic mass is 32.2. The molecule has 1 amide bonds. The number of carbonyl (C=O) groups is 1. The van der Waals surface area contributed by atoms with Crippen LogP contribution in [0.2, 0.25) is 0 Å². The summed E-state index contributed by atoms with van der Waals surface area (Å²) in [4.78, 5) is 17.3. The molecule has 1 saturated heterocycles. The van der Waals surface area contributed by atoms with Crippen LogP contribution in [0, 0.1) is 11.3 Å². The van der Waals surface area contributed by atoms with E-state index in [0.717, 1.165) is 22.0 Å². The quantitative estimate of drug-likeness (QED) is 0.709. The third-order valence-corrected chi connectivity index (χ3v) is 7.59. The molecule has 1 atom stereocenters. The van der Waals surface area contributed by atoms with E-state index in [2.05, 4.69) is 49.1 Å². The second-order valence-electron chi connectivity index (χ2n) is 8.53. The van der Waals surface area contributed by atoms with Gasteiger partial charge in [0.1, 0.15) is 0 Å². The standard InChI is InChI=1S/C23H29N3OS/c1-16(2)17-8-10-18(11-9-17)20-12-22(27)26-14-25(19-6-4-3-5-7-19)15-28-23(26)21(20)13-24/h8-11,16,19-20H,3-7,12,14-15H2,1-2H3. The highest BCUT2D eigenvalue weighted by Crippen LogP contribution is 2.43. The minimum atomic E-state index is -0.112. The summed E-state index contributed by atoms with van der Waals surface area (Å²) in [5.74, 6) is 1.40.